The Bertz CT molecular complexity index is 617. The van der Waals surface area contributed by atoms with Crippen molar-refractivity contribution >= 4 is 11.7 Å². The summed E-state index contributed by atoms with van der Waals surface area (Å²) in [6.45, 7) is 5.78. The third kappa shape index (κ3) is 3.54. The highest BCUT2D eigenvalue weighted by Crippen LogP contribution is 2.13. The maximum atomic E-state index is 5.20. The van der Waals surface area contributed by atoms with Crippen LogP contribution in [0.4, 0.5) is 5.95 Å². The van der Waals surface area contributed by atoms with Crippen molar-refractivity contribution in [3.05, 3.63) is 47.3 Å². The van der Waals surface area contributed by atoms with Crippen LogP contribution in [0.5, 0.6) is 5.75 Å². The number of aromatic nitrogens is 2. The van der Waals surface area contributed by atoms with Crippen LogP contribution in [0.3, 0.4) is 0 Å². The number of aryl methyl sites for hydroxylation is 2. The summed E-state index contributed by atoms with van der Waals surface area (Å²) in [5.41, 5.74) is 6.54. The van der Waals surface area contributed by atoms with Gasteiger partial charge in [0.2, 0.25) is 5.95 Å². The molecule has 0 radical (unpaired) electrons. The van der Waals surface area contributed by atoms with Crippen molar-refractivity contribution in [2.45, 2.75) is 20.8 Å². The molecule has 0 atom stereocenters. The molecule has 0 spiro atoms. The van der Waals surface area contributed by atoms with Gasteiger partial charge in [0.15, 0.2) is 0 Å². The van der Waals surface area contributed by atoms with Gasteiger partial charge in [-0.15, -0.1) is 0 Å². The molecule has 0 aliphatic heterocycles. The van der Waals surface area contributed by atoms with Gasteiger partial charge in [-0.25, -0.2) is 15.4 Å². The Balaban J connectivity index is 2.17. The molecular formula is C15H18N4O. The lowest BCUT2D eigenvalue weighted by molar-refractivity contribution is 0.414. The lowest BCUT2D eigenvalue weighted by Crippen LogP contribution is -2.04. The number of nitrogens with zero attached hydrogens (tertiary/aromatic N) is 3. The molecular weight excluding hydrogens is 252 g/mol. The van der Waals surface area contributed by atoms with Gasteiger partial charge in [0.25, 0.3) is 0 Å². The van der Waals surface area contributed by atoms with E-state index in [1.165, 1.54) is 0 Å². The number of hydrogen-bond acceptors (Lipinski definition) is 5. The summed E-state index contributed by atoms with van der Waals surface area (Å²) < 4.78 is 5.20. The van der Waals surface area contributed by atoms with Crippen molar-refractivity contribution in [2.75, 3.05) is 12.5 Å². The maximum absolute atomic E-state index is 5.20. The van der Waals surface area contributed by atoms with Crippen molar-refractivity contribution in [2.24, 2.45) is 5.10 Å². The summed E-state index contributed by atoms with van der Waals surface area (Å²) in [6.07, 6.45) is 0. The lowest BCUT2D eigenvalue weighted by Gasteiger charge is -2.05. The normalized spacial score (nSPS) is 11.3. The molecule has 104 valence electrons. The van der Waals surface area contributed by atoms with E-state index in [-0.39, 0.29) is 0 Å². The Hall–Kier alpha value is -2.43. The molecule has 0 aliphatic carbocycles. The third-order valence-electron chi connectivity index (χ3n) is 2.79. The van der Waals surface area contributed by atoms with E-state index < -0.39 is 0 Å². The summed E-state index contributed by atoms with van der Waals surface area (Å²) in [5, 5.41) is 4.31. The summed E-state index contributed by atoms with van der Waals surface area (Å²) in [5.74, 6) is 1.31. The molecule has 1 N–H and O–H groups in total. The first-order chi connectivity index (χ1) is 9.58. The second kappa shape index (κ2) is 6.14. The monoisotopic (exact) mass is 270 g/mol. The van der Waals surface area contributed by atoms with Gasteiger partial charge in [0.1, 0.15) is 5.75 Å². The number of anilines is 1. The van der Waals surface area contributed by atoms with Gasteiger partial charge in [0, 0.05) is 17.0 Å². The molecule has 0 amide bonds. The first kappa shape index (κ1) is 14.0. The van der Waals surface area contributed by atoms with Gasteiger partial charge in [0.05, 0.1) is 12.8 Å². The molecule has 0 fully saturated rings. The third-order valence-corrected chi connectivity index (χ3v) is 2.79. The van der Waals surface area contributed by atoms with Crippen LogP contribution in [0, 0.1) is 13.8 Å². The number of benzene rings is 1. The van der Waals surface area contributed by atoms with Crippen molar-refractivity contribution in [3.8, 4) is 5.75 Å². The van der Waals surface area contributed by atoms with Crippen LogP contribution in [0.15, 0.2) is 35.4 Å². The molecule has 1 aromatic carbocycles. The summed E-state index contributed by atoms with van der Waals surface area (Å²) in [6, 6.07) is 9.66. The second-order valence-corrected chi connectivity index (χ2v) is 4.52. The van der Waals surface area contributed by atoms with E-state index in [0.29, 0.717) is 5.95 Å². The van der Waals surface area contributed by atoms with E-state index in [0.717, 1.165) is 28.4 Å². The second-order valence-electron chi connectivity index (χ2n) is 4.52. The molecule has 2 rings (SSSR count). The minimum Gasteiger partial charge on any atom is -0.497 e. The first-order valence-electron chi connectivity index (χ1n) is 6.35. The van der Waals surface area contributed by atoms with Crippen LogP contribution in [0.25, 0.3) is 0 Å². The van der Waals surface area contributed by atoms with Crippen molar-refractivity contribution < 1.29 is 4.74 Å². The Morgan fingerprint density at radius 3 is 2.50 bits per heavy atom. The highest BCUT2D eigenvalue weighted by atomic mass is 16.5. The van der Waals surface area contributed by atoms with Crippen LogP contribution in [0.1, 0.15) is 23.9 Å². The lowest BCUT2D eigenvalue weighted by atomic mass is 10.1. The highest BCUT2D eigenvalue weighted by molar-refractivity contribution is 5.99. The van der Waals surface area contributed by atoms with Gasteiger partial charge in [-0.1, -0.05) is 12.1 Å². The fourth-order valence-electron chi connectivity index (χ4n) is 1.82. The molecule has 0 saturated carbocycles. The molecule has 1 aromatic heterocycles. The smallest absolute Gasteiger partial charge is 0.243 e. The standard InChI is InChI=1S/C15H18N4O/c1-10-8-11(2)17-15(16-10)19-18-12(3)13-6-5-7-14(9-13)20-4/h5-9H,1-4H3,(H,16,17,19)/b18-12-. The van der Waals surface area contributed by atoms with E-state index in [4.69, 9.17) is 4.74 Å². The van der Waals surface area contributed by atoms with E-state index in [1.54, 1.807) is 7.11 Å². The number of hydrogen-bond donors (Lipinski definition) is 1. The van der Waals surface area contributed by atoms with E-state index in [2.05, 4.69) is 20.5 Å². The molecule has 0 bridgehead atoms. The zero-order valence-corrected chi connectivity index (χ0v) is 12.1. The highest BCUT2D eigenvalue weighted by Gasteiger charge is 2.01. The molecule has 20 heavy (non-hydrogen) atoms. The first-order valence-corrected chi connectivity index (χ1v) is 6.35. The van der Waals surface area contributed by atoms with Crippen LogP contribution in [-0.2, 0) is 0 Å². The van der Waals surface area contributed by atoms with E-state index in [1.807, 2.05) is 51.1 Å². The van der Waals surface area contributed by atoms with E-state index in [9.17, 15) is 0 Å². The summed E-state index contributed by atoms with van der Waals surface area (Å²) in [4.78, 5) is 8.56. The van der Waals surface area contributed by atoms with Gasteiger partial charge in [-0.3, -0.25) is 0 Å². The molecule has 2 aromatic rings. The Morgan fingerprint density at radius 1 is 1.15 bits per heavy atom. The fourth-order valence-corrected chi connectivity index (χ4v) is 1.82. The van der Waals surface area contributed by atoms with Crippen LogP contribution in [-0.4, -0.2) is 22.8 Å². The number of ether oxygens (including phenoxy) is 1. The van der Waals surface area contributed by atoms with Gasteiger partial charge < -0.3 is 4.74 Å². The Labute approximate surface area is 118 Å². The number of methoxy groups -OCH3 is 1. The molecule has 0 unspecified atom stereocenters. The molecule has 0 saturated heterocycles. The number of nitrogens with one attached hydrogen (secondary N) is 1. The average Bonchev–Trinajstić information content (AvgIpc) is 2.44. The largest absolute Gasteiger partial charge is 0.497 e. The SMILES string of the molecule is COc1cccc(/C(C)=N\Nc2nc(C)cc(C)n2)c1. The van der Waals surface area contributed by atoms with Crippen molar-refractivity contribution in [3.63, 3.8) is 0 Å². The van der Waals surface area contributed by atoms with Crippen molar-refractivity contribution in [1.29, 1.82) is 0 Å². The minimum atomic E-state index is 0.504. The van der Waals surface area contributed by atoms with Crippen molar-refractivity contribution in [1.82, 2.24) is 9.97 Å². The number of rotatable bonds is 4. The molecule has 0 aliphatic rings. The van der Waals surface area contributed by atoms with Gasteiger partial charge in [-0.05, 0) is 39.0 Å². The van der Waals surface area contributed by atoms with Gasteiger partial charge >= 0.3 is 0 Å². The average molecular weight is 270 g/mol. The zero-order chi connectivity index (χ0) is 14.5. The topological polar surface area (TPSA) is 59.4 Å². The quantitative estimate of drug-likeness (QED) is 0.685. The van der Waals surface area contributed by atoms with Crippen LogP contribution >= 0.6 is 0 Å². The van der Waals surface area contributed by atoms with Crippen LogP contribution < -0.4 is 10.2 Å². The summed E-state index contributed by atoms with van der Waals surface area (Å²) in [7, 11) is 1.65. The van der Waals surface area contributed by atoms with Crippen LogP contribution in [0.2, 0.25) is 0 Å². The number of hydrazone groups is 1. The molecule has 1 heterocycles. The summed E-state index contributed by atoms with van der Waals surface area (Å²) >= 11 is 0. The zero-order valence-electron chi connectivity index (χ0n) is 12.1. The Kier molecular flexibility index (Phi) is 4.30. The van der Waals surface area contributed by atoms with Gasteiger partial charge in [-0.2, -0.15) is 5.10 Å². The predicted octanol–water partition coefficient (Wildman–Crippen LogP) is 2.94. The van der Waals surface area contributed by atoms with E-state index >= 15 is 0 Å². The molecule has 5 heteroatoms. The molecule has 5 nitrogen and oxygen atoms in total. The predicted molar refractivity (Wildman–Crippen MR) is 80.3 cm³/mol. The maximum Gasteiger partial charge on any atom is 0.243 e. The Morgan fingerprint density at radius 2 is 1.85 bits per heavy atom. The minimum absolute atomic E-state index is 0.504. The fraction of sp³-hybridized carbons (Fsp3) is 0.267.